The molecule has 2 N–H and O–H groups in total. The predicted octanol–water partition coefficient (Wildman–Crippen LogP) is 2.86. The van der Waals surface area contributed by atoms with E-state index in [0.29, 0.717) is 18.5 Å². The van der Waals surface area contributed by atoms with Crippen molar-refractivity contribution in [3.8, 4) is 0 Å². The van der Waals surface area contributed by atoms with E-state index >= 15 is 0 Å². The SMILES string of the molecule is CCCCC(CC)CNC(=NCc1nnc(C)n1C)NCC1CCCN1CC. The zero-order valence-corrected chi connectivity index (χ0v) is 18.7. The summed E-state index contributed by atoms with van der Waals surface area (Å²) in [5, 5.41) is 15.6. The van der Waals surface area contributed by atoms with E-state index in [1.165, 1.54) is 45.1 Å². The Hall–Kier alpha value is -1.63. The molecule has 0 spiro atoms. The number of unbranched alkanes of at least 4 members (excludes halogenated alkanes) is 1. The van der Waals surface area contributed by atoms with Crippen LogP contribution in [-0.4, -0.2) is 57.8 Å². The molecule has 0 aliphatic carbocycles. The Morgan fingerprint density at radius 1 is 1.25 bits per heavy atom. The third-order valence-electron chi connectivity index (χ3n) is 6.07. The van der Waals surface area contributed by atoms with E-state index in [9.17, 15) is 0 Å². The molecule has 1 saturated heterocycles. The molecule has 28 heavy (non-hydrogen) atoms. The second kappa shape index (κ2) is 12.0. The maximum atomic E-state index is 4.82. The molecule has 1 aliphatic heterocycles. The van der Waals surface area contributed by atoms with Crippen molar-refractivity contribution < 1.29 is 0 Å². The largest absolute Gasteiger partial charge is 0.356 e. The van der Waals surface area contributed by atoms with Gasteiger partial charge in [-0.25, -0.2) is 4.99 Å². The van der Waals surface area contributed by atoms with Crippen molar-refractivity contribution in [2.24, 2.45) is 18.0 Å². The molecule has 0 radical (unpaired) electrons. The van der Waals surface area contributed by atoms with E-state index in [-0.39, 0.29) is 0 Å². The van der Waals surface area contributed by atoms with Crippen molar-refractivity contribution in [1.29, 1.82) is 0 Å². The highest BCUT2D eigenvalue weighted by atomic mass is 15.3. The standard InChI is InChI=1S/C21H41N7/c1-6-9-11-18(7-2)14-22-21(23-15-19-12-10-13-28(19)8-3)24-16-20-26-25-17(4)27(20)5/h18-19H,6-16H2,1-5H3,(H2,22,23,24). The number of hydrogen-bond acceptors (Lipinski definition) is 4. The molecule has 7 nitrogen and oxygen atoms in total. The van der Waals surface area contributed by atoms with Gasteiger partial charge in [-0.1, -0.05) is 40.0 Å². The molecule has 2 rings (SSSR count). The van der Waals surface area contributed by atoms with E-state index in [2.05, 4.69) is 46.5 Å². The van der Waals surface area contributed by atoms with Crippen LogP contribution in [0.15, 0.2) is 4.99 Å². The Morgan fingerprint density at radius 3 is 2.71 bits per heavy atom. The number of aryl methyl sites for hydroxylation is 1. The zero-order valence-electron chi connectivity index (χ0n) is 18.7. The summed E-state index contributed by atoms with van der Waals surface area (Å²) in [5.41, 5.74) is 0. The van der Waals surface area contributed by atoms with E-state index < -0.39 is 0 Å². The average molecular weight is 392 g/mol. The van der Waals surface area contributed by atoms with Crippen LogP contribution in [0.1, 0.15) is 70.9 Å². The maximum Gasteiger partial charge on any atom is 0.191 e. The van der Waals surface area contributed by atoms with E-state index in [1.54, 1.807) is 0 Å². The van der Waals surface area contributed by atoms with Crippen molar-refractivity contribution in [3.63, 3.8) is 0 Å². The molecule has 2 unspecified atom stereocenters. The van der Waals surface area contributed by atoms with E-state index in [0.717, 1.165) is 37.2 Å². The Morgan fingerprint density at radius 2 is 2.07 bits per heavy atom. The van der Waals surface area contributed by atoms with E-state index in [4.69, 9.17) is 4.99 Å². The van der Waals surface area contributed by atoms with Crippen LogP contribution in [0.25, 0.3) is 0 Å². The minimum absolute atomic E-state index is 0.542. The van der Waals surface area contributed by atoms with Crippen LogP contribution in [0.4, 0.5) is 0 Å². The van der Waals surface area contributed by atoms with Gasteiger partial charge in [-0.15, -0.1) is 10.2 Å². The fraction of sp³-hybridized carbons (Fsp3) is 0.857. The second-order valence-electron chi connectivity index (χ2n) is 7.99. The number of nitrogens with zero attached hydrogens (tertiary/aromatic N) is 5. The Bertz CT molecular complexity index is 596. The molecule has 1 aliphatic rings. The third kappa shape index (κ3) is 6.76. The lowest BCUT2D eigenvalue weighted by Gasteiger charge is -2.24. The second-order valence-corrected chi connectivity index (χ2v) is 7.99. The Kier molecular flexibility index (Phi) is 9.75. The summed E-state index contributed by atoms with van der Waals surface area (Å²) in [6, 6.07) is 0.608. The van der Waals surface area contributed by atoms with Crippen molar-refractivity contribution in [1.82, 2.24) is 30.3 Å². The smallest absolute Gasteiger partial charge is 0.191 e. The number of rotatable bonds is 11. The zero-order chi connectivity index (χ0) is 20.4. The summed E-state index contributed by atoms with van der Waals surface area (Å²) >= 11 is 0. The summed E-state index contributed by atoms with van der Waals surface area (Å²) in [6.07, 6.45) is 7.61. The molecule has 0 amide bonds. The van der Waals surface area contributed by atoms with Gasteiger partial charge in [0.05, 0.1) is 0 Å². The van der Waals surface area contributed by atoms with Crippen molar-refractivity contribution in [2.75, 3.05) is 26.2 Å². The van der Waals surface area contributed by atoms with Gasteiger partial charge in [0, 0.05) is 26.2 Å². The molecule has 7 heteroatoms. The molecule has 0 aromatic carbocycles. The first-order valence-electron chi connectivity index (χ1n) is 11.2. The van der Waals surface area contributed by atoms with Gasteiger partial charge in [0.1, 0.15) is 12.4 Å². The average Bonchev–Trinajstić information content (AvgIpc) is 3.30. The van der Waals surface area contributed by atoms with Crippen LogP contribution in [0, 0.1) is 12.8 Å². The van der Waals surface area contributed by atoms with Gasteiger partial charge in [-0.05, 0) is 45.2 Å². The van der Waals surface area contributed by atoms with Crippen LogP contribution in [0.3, 0.4) is 0 Å². The predicted molar refractivity (Wildman–Crippen MR) is 116 cm³/mol. The van der Waals surface area contributed by atoms with Crippen LogP contribution in [-0.2, 0) is 13.6 Å². The van der Waals surface area contributed by atoms with Crippen molar-refractivity contribution >= 4 is 5.96 Å². The first-order chi connectivity index (χ1) is 13.6. The minimum atomic E-state index is 0.542. The van der Waals surface area contributed by atoms with Crippen molar-refractivity contribution in [3.05, 3.63) is 11.6 Å². The number of likely N-dealkylation sites (tertiary alicyclic amines) is 1. The summed E-state index contributed by atoms with van der Waals surface area (Å²) in [6.45, 7) is 13.6. The number of nitrogens with one attached hydrogen (secondary N) is 2. The molecule has 0 saturated carbocycles. The van der Waals surface area contributed by atoms with Crippen LogP contribution in [0.2, 0.25) is 0 Å². The first kappa shape index (κ1) is 22.7. The van der Waals surface area contributed by atoms with Crippen LogP contribution in [0.5, 0.6) is 0 Å². The highest BCUT2D eigenvalue weighted by Gasteiger charge is 2.23. The summed E-state index contributed by atoms with van der Waals surface area (Å²) in [4.78, 5) is 7.38. The summed E-state index contributed by atoms with van der Waals surface area (Å²) in [5.74, 6) is 3.41. The number of aliphatic imine (C=N–C) groups is 1. The molecule has 1 aromatic rings. The van der Waals surface area contributed by atoms with Gasteiger partial charge in [0.2, 0.25) is 0 Å². The van der Waals surface area contributed by atoms with Gasteiger partial charge >= 0.3 is 0 Å². The quantitative estimate of drug-likeness (QED) is 0.448. The lowest BCUT2D eigenvalue weighted by Crippen LogP contribution is -2.46. The molecular formula is C21H41N7. The third-order valence-corrected chi connectivity index (χ3v) is 6.07. The molecule has 2 heterocycles. The van der Waals surface area contributed by atoms with Gasteiger partial charge in [0.25, 0.3) is 0 Å². The van der Waals surface area contributed by atoms with Crippen molar-refractivity contribution in [2.45, 2.75) is 78.8 Å². The number of guanidine groups is 1. The molecule has 1 fully saturated rings. The number of hydrogen-bond donors (Lipinski definition) is 2. The summed E-state index contributed by atoms with van der Waals surface area (Å²) in [7, 11) is 2.00. The summed E-state index contributed by atoms with van der Waals surface area (Å²) < 4.78 is 2.01. The van der Waals surface area contributed by atoms with Crippen LogP contribution >= 0.6 is 0 Å². The molecule has 160 valence electrons. The Balaban J connectivity index is 1.97. The maximum absolute atomic E-state index is 4.82. The fourth-order valence-electron chi connectivity index (χ4n) is 3.85. The molecule has 1 aromatic heterocycles. The lowest BCUT2D eigenvalue weighted by molar-refractivity contribution is 0.267. The molecule has 0 bridgehead atoms. The monoisotopic (exact) mass is 391 g/mol. The Labute approximate surface area is 171 Å². The van der Waals surface area contributed by atoms with Gasteiger partial charge in [-0.2, -0.15) is 0 Å². The normalized spacial score (nSPS) is 19.2. The molecule has 2 atom stereocenters. The van der Waals surface area contributed by atoms with Gasteiger partial charge in [-0.3, -0.25) is 4.90 Å². The highest BCUT2D eigenvalue weighted by Crippen LogP contribution is 2.15. The van der Waals surface area contributed by atoms with Gasteiger partial charge in [0.15, 0.2) is 11.8 Å². The lowest BCUT2D eigenvalue weighted by atomic mass is 9.99. The van der Waals surface area contributed by atoms with Crippen LogP contribution < -0.4 is 10.6 Å². The minimum Gasteiger partial charge on any atom is -0.356 e. The fourth-order valence-corrected chi connectivity index (χ4v) is 3.85. The topological polar surface area (TPSA) is 70.4 Å². The van der Waals surface area contributed by atoms with E-state index in [1.807, 2.05) is 18.5 Å². The number of likely N-dealkylation sites (N-methyl/N-ethyl adjacent to an activating group) is 1. The highest BCUT2D eigenvalue weighted by molar-refractivity contribution is 5.79. The van der Waals surface area contributed by atoms with Gasteiger partial charge < -0.3 is 15.2 Å². The molecular weight excluding hydrogens is 350 g/mol. The first-order valence-corrected chi connectivity index (χ1v) is 11.2. The number of aromatic nitrogens is 3.